The Morgan fingerprint density at radius 3 is 2.60 bits per heavy atom. The largest absolute Gasteiger partial charge is 0.493 e. The van der Waals surface area contributed by atoms with Gasteiger partial charge in [-0.3, -0.25) is 9.69 Å². The van der Waals surface area contributed by atoms with Crippen LogP contribution >= 0.6 is 0 Å². The number of halogens is 2. The Hall–Kier alpha value is -1.89. The number of likely N-dealkylation sites (tertiary alicyclic amines) is 1. The average Bonchev–Trinajstić information content (AvgIpc) is 2.59. The molecule has 1 atom stereocenters. The normalized spacial score (nSPS) is 17.4. The fourth-order valence-corrected chi connectivity index (χ4v) is 2.94. The van der Waals surface area contributed by atoms with Crippen LogP contribution in [-0.2, 0) is 0 Å². The summed E-state index contributed by atoms with van der Waals surface area (Å²) in [7, 11) is 1.34. The molecule has 1 N–H and O–H groups in total. The molecule has 1 aliphatic heterocycles. The number of methoxy groups -OCH3 is 1. The lowest BCUT2D eigenvalue weighted by Gasteiger charge is -2.35. The predicted molar refractivity (Wildman–Crippen MR) is 91.4 cm³/mol. The molecular formula is C18H26F2N2O3. The lowest BCUT2D eigenvalue weighted by atomic mass is 9.98. The van der Waals surface area contributed by atoms with Crippen LogP contribution in [0.15, 0.2) is 18.2 Å². The SMILES string of the molecule is COc1cc(C(=O)NCC(C)N2CCC(C)CC2)ccc1OC(F)F. The summed E-state index contributed by atoms with van der Waals surface area (Å²) in [5.41, 5.74) is 0.345. The highest BCUT2D eigenvalue weighted by atomic mass is 19.3. The number of carbonyl (C=O) groups excluding carboxylic acids is 1. The zero-order chi connectivity index (χ0) is 18.4. The Morgan fingerprint density at radius 2 is 2.00 bits per heavy atom. The van der Waals surface area contributed by atoms with Gasteiger partial charge in [-0.2, -0.15) is 8.78 Å². The van der Waals surface area contributed by atoms with Crippen molar-refractivity contribution in [1.82, 2.24) is 10.2 Å². The van der Waals surface area contributed by atoms with Crippen LogP contribution in [0, 0.1) is 5.92 Å². The van der Waals surface area contributed by atoms with E-state index in [0.29, 0.717) is 12.1 Å². The first kappa shape index (κ1) is 19.4. The van der Waals surface area contributed by atoms with E-state index in [0.717, 1.165) is 19.0 Å². The lowest BCUT2D eigenvalue weighted by Crippen LogP contribution is -2.45. The summed E-state index contributed by atoms with van der Waals surface area (Å²) < 4.78 is 34.1. The number of ether oxygens (including phenoxy) is 2. The molecule has 0 aliphatic carbocycles. The van der Waals surface area contributed by atoms with Gasteiger partial charge in [-0.15, -0.1) is 0 Å². The second-order valence-electron chi connectivity index (χ2n) is 6.52. The second-order valence-corrected chi connectivity index (χ2v) is 6.52. The molecule has 1 aliphatic rings. The van der Waals surface area contributed by atoms with Gasteiger partial charge in [0.1, 0.15) is 0 Å². The summed E-state index contributed by atoms with van der Waals surface area (Å²) in [6.45, 7) is 4.04. The minimum atomic E-state index is -2.94. The van der Waals surface area contributed by atoms with Gasteiger partial charge in [0.2, 0.25) is 0 Å². The van der Waals surface area contributed by atoms with Gasteiger partial charge in [-0.1, -0.05) is 6.92 Å². The Kier molecular flexibility index (Phi) is 6.99. The predicted octanol–water partition coefficient (Wildman–Crippen LogP) is 3.15. The summed E-state index contributed by atoms with van der Waals surface area (Å²) in [6, 6.07) is 4.41. The van der Waals surface area contributed by atoms with Gasteiger partial charge >= 0.3 is 6.61 Å². The number of benzene rings is 1. The van der Waals surface area contributed by atoms with Gasteiger partial charge < -0.3 is 14.8 Å². The van der Waals surface area contributed by atoms with Gasteiger partial charge in [0.25, 0.3) is 5.91 Å². The molecule has 1 amide bonds. The molecule has 25 heavy (non-hydrogen) atoms. The van der Waals surface area contributed by atoms with Crippen molar-refractivity contribution in [3.8, 4) is 11.5 Å². The maximum Gasteiger partial charge on any atom is 0.387 e. The highest BCUT2D eigenvalue weighted by Gasteiger charge is 2.21. The van der Waals surface area contributed by atoms with E-state index < -0.39 is 6.61 Å². The van der Waals surface area contributed by atoms with Crippen molar-refractivity contribution in [3.63, 3.8) is 0 Å². The van der Waals surface area contributed by atoms with Crippen molar-refractivity contribution in [2.75, 3.05) is 26.7 Å². The first-order valence-electron chi connectivity index (χ1n) is 8.55. The third-order valence-corrected chi connectivity index (χ3v) is 4.64. The smallest absolute Gasteiger partial charge is 0.387 e. The van der Waals surface area contributed by atoms with E-state index in [1.807, 2.05) is 0 Å². The fraction of sp³-hybridized carbons (Fsp3) is 0.611. The van der Waals surface area contributed by atoms with Crippen LogP contribution in [0.2, 0.25) is 0 Å². The highest BCUT2D eigenvalue weighted by molar-refractivity contribution is 5.94. The molecule has 1 aromatic carbocycles. The summed E-state index contributed by atoms with van der Waals surface area (Å²) in [6.07, 6.45) is 2.36. The van der Waals surface area contributed by atoms with Crippen molar-refractivity contribution in [2.24, 2.45) is 5.92 Å². The highest BCUT2D eigenvalue weighted by Crippen LogP contribution is 2.29. The summed E-state index contributed by atoms with van der Waals surface area (Å²) in [5.74, 6) is 0.509. The van der Waals surface area contributed by atoms with Gasteiger partial charge in [0, 0.05) is 18.2 Å². The Bertz CT molecular complexity index is 575. The minimum absolute atomic E-state index is 0.0927. The van der Waals surface area contributed by atoms with Crippen molar-refractivity contribution in [1.29, 1.82) is 0 Å². The van der Waals surface area contributed by atoms with E-state index in [9.17, 15) is 13.6 Å². The quantitative estimate of drug-likeness (QED) is 0.815. The maximum atomic E-state index is 12.3. The van der Waals surface area contributed by atoms with Crippen molar-refractivity contribution in [2.45, 2.75) is 39.3 Å². The van der Waals surface area contributed by atoms with Crippen LogP contribution in [0.4, 0.5) is 8.78 Å². The Morgan fingerprint density at radius 1 is 1.32 bits per heavy atom. The van der Waals surface area contributed by atoms with Crippen molar-refractivity contribution in [3.05, 3.63) is 23.8 Å². The number of hydrogen-bond acceptors (Lipinski definition) is 4. The molecule has 0 radical (unpaired) electrons. The van der Waals surface area contributed by atoms with Gasteiger partial charge in [-0.05, 0) is 57.0 Å². The molecule has 0 spiro atoms. The summed E-state index contributed by atoms with van der Waals surface area (Å²) >= 11 is 0. The molecule has 1 saturated heterocycles. The fourth-order valence-electron chi connectivity index (χ4n) is 2.94. The van der Waals surface area contributed by atoms with E-state index in [2.05, 4.69) is 28.8 Å². The van der Waals surface area contributed by atoms with Gasteiger partial charge in [0.15, 0.2) is 11.5 Å². The van der Waals surface area contributed by atoms with Gasteiger partial charge in [0.05, 0.1) is 7.11 Å². The Labute approximate surface area is 147 Å². The molecule has 1 aromatic rings. The monoisotopic (exact) mass is 356 g/mol. The minimum Gasteiger partial charge on any atom is -0.493 e. The molecule has 1 unspecified atom stereocenters. The number of hydrogen-bond donors (Lipinski definition) is 1. The maximum absolute atomic E-state index is 12.3. The molecule has 140 valence electrons. The van der Waals surface area contributed by atoms with Crippen LogP contribution in [-0.4, -0.2) is 50.2 Å². The van der Waals surface area contributed by atoms with Crippen molar-refractivity contribution < 1.29 is 23.0 Å². The van der Waals surface area contributed by atoms with E-state index in [1.54, 1.807) is 0 Å². The Balaban J connectivity index is 1.91. The number of rotatable bonds is 7. The molecule has 1 fully saturated rings. The number of alkyl halides is 2. The summed E-state index contributed by atoms with van der Waals surface area (Å²) in [4.78, 5) is 14.7. The van der Waals surface area contributed by atoms with Gasteiger partial charge in [-0.25, -0.2) is 0 Å². The third-order valence-electron chi connectivity index (χ3n) is 4.64. The molecule has 0 bridgehead atoms. The topological polar surface area (TPSA) is 50.8 Å². The number of amides is 1. The van der Waals surface area contributed by atoms with Crippen molar-refractivity contribution >= 4 is 5.91 Å². The van der Waals surface area contributed by atoms with Crippen LogP contribution < -0.4 is 14.8 Å². The first-order valence-corrected chi connectivity index (χ1v) is 8.55. The van der Waals surface area contributed by atoms with Crippen LogP contribution in [0.25, 0.3) is 0 Å². The number of carbonyl (C=O) groups is 1. The molecule has 7 heteroatoms. The lowest BCUT2D eigenvalue weighted by molar-refractivity contribution is -0.0512. The number of piperidine rings is 1. The van der Waals surface area contributed by atoms with Crippen LogP contribution in [0.3, 0.4) is 0 Å². The summed E-state index contributed by atoms with van der Waals surface area (Å²) in [5, 5.41) is 2.89. The van der Waals surface area contributed by atoms with Crippen LogP contribution in [0.1, 0.15) is 37.0 Å². The second kappa shape index (κ2) is 8.99. The zero-order valence-corrected chi connectivity index (χ0v) is 14.9. The standard InChI is InChI=1S/C18H26F2N2O3/c1-12-6-8-22(9-7-12)13(2)11-21-17(23)14-4-5-15(25-18(19)20)16(10-14)24-3/h4-5,10,12-13,18H,6-9,11H2,1-3H3,(H,21,23). The number of nitrogens with zero attached hydrogens (tertiary/aromatic N) is 1. The van der Waals surface area contributed by atoms with Crippen LogP contribution in [0.5, 0.6) is 11.5 Å². The first-order chi connectivity index (χ1) is 11.9. The molecule has 2 rings (SSSR count). The van der Waals surface area contributed by atoms with E-state index in [1.165, 1.54) is 38.2 Å². The molecule has 0 aromatic heterocycles. The molecule has 1 heterocycles. The molecule has 0 saturated carbocycles. The average molecular weight is 356 g/mol. The van der Waals surface area contributed by atoms with E-state index in [-0.39, 0.29) is 23.4 Å². The zero-order valence-electron chi connectivity index (χ0n) is 14.9. The molecular weight excluding hydrogens is 330 g/mol. The third kappa shape index (κ3) is 5.56. The molecule has 5 nitrogen and oxygen atoms in total. The van der Waals surface area contributed by atoms with E-state index in [4.69, 9.17) is 4.74 Å². The van der Waals surface area contributed by atoms with E-state index >= 15 is 0 Å². The number of nitrogens with one attached hydrogen (secondary N) is 1.